The molecule has 144 valence electrons. The fourth-order valence-corrected chi connectivity index (χ4v) is 2.77. The highest BCUT2D eigenvalue weighted by molar-refractivity contribution is 5.89. The van der Waals surface area contributed by atoms with E-state index in [1.54, 1.807) is 7.11 Å². The van der Waals surface area contributed by atoms with E-state index in [4.69, 9.17) is 9.47 Å². The second-order valence-corrected chi connectivity index (χ2v) is 6.24. The van der Waals surface area contributed by atoms with Crippen LogP contribution in [0.25, 0.3) is 0 Å². The van der Waals surface area contributed by atoms with Gasteiger partial charge in [0, 0.05) is 12.2 Å². The number of anilines is 1. The van der Waals surface area contributed by atoms with Crippen molar-refractivity contribution in [1.82, 2.24) is 5.32 Å². The molecule has 0 heterocycles. The minimum Gasteiger partial charge on any atom is -0.496 e. The van der Waals surface area contributed by atoms with Crippen LogP contribution >= 0.6 is 0 Å². The summed E-state index contributed by atoms with van der Waals surface area (Å²) < 4.78 is 11.1. The predicted octanol–water partition coefficient (Wildman–Crippen LogP) is 4.64. The lowest BCUT2D eigenvalue weighted by Gasteiger charge is -2.11. The number of carbonyl (C=O) groups is 1. The zero-order chi connectivity index (χ0) is 19.6. The minimum atomic E-state index is -0.243. The summed E-state index contributed by atoms with van der Waals surface area (Å²) >= 11 is 0. The molecule has 3 aromatic rings. The molecule has 0 aromatic heterocycles. The van der Waals surface area contributed by atoms with Crippen LogP contribution < -0.4 is 20.1 Å². The van der Waals surface area contributed by atoms with Gasteiger partial charge in [-0.2, -0.15) is 0 Å². The highest BCUT2D eigenvalue weighted by Gasteiger charge is 2.05. The van der Waals surface area contributed by atoms with Crippen molar-refractivity contribution in [2.75, 3.05) is 19.0 Å². The van der Waals surface area contributed by atoms with Crippen molar-refractivity contribution < 1.29 is 14.3 Å². The van der Waals surface area contributed by atoms with Gasteiger partial charge in [-0.3, -0.25) is 0 Å². The number of urea groups is 1. The summed E-state index contributed by atoms with van der Waals surface area (Å²) in [5.74, 6) is 1.58. The zero-order valence-corrected chi connectivity index (χ0v) is 15.9. The molecule has 0 bridgehead atoms. The molecule has 0 atom stereocenters. The van der Waals surface area contributed by atoms with Crippen LogP contribution in [0.3, 0.4) is 0 Å². The maximum absolute atomic E-state index is 12.1. The van der Waals surface area contributed by atoms with Crippen molar-refractivity contribution in [2.45, 2.75) is 13.0 Å². The van der Waals surface area contributed by atoms with Gasteiger partial charge in [-0.1, -0.05) is 48.5 Å². The summed E-state index contributed by atoms with van der Waals surface area (Å²) in [6.07, 6.45) is 0.698. The second-order valence-electron chi connectivity index (χ2n) is 6.24. The normalized spacial score (nSPS) is 10.2. The first kappa shape index (κ1) is 19.3. The summed E-state index contributed by atoms with van der Waals surface area (Å²) in [5, 5.41) is 5.68. The van der Waals surface area contributed by atoms with Gasteiger partial charge in [-0.05, 0) is 47.9 Å². The molecular formula is C23H24N2O3. The third kappa shape index (κ3) is 5.77. The first-order valence-electron chi connectivity index (χ1n) is 9.18. The number of para-hydroxylation sites is 1. The molecule has 0 saturated heterocycles. The van der Waals surface area contributed by atoms with Crippen molar-refractivity contribution >= 4 is 11.7 Å². The molecule has 0 fully saturated rings. The van der Waals surface area contributed by atoms with Crippen molar-refractivity contribution in [3.05, 3.63) is 90.0 Å². The van der Waals surface area contributed by atoms with E-state index in [-0.39, 0.29) is 6.03 Å². The molecule has 0 aliphatic heterocycles. The van der Waals surface area contributed by atoms with E-state index in [0.717, 1.165) is 22.6 Å². The molecule has 5 nitrogen and oxygen atoms in total. The van der Waals surface area contributed by atoms with Gasteiger partial charge in [0.05, 0.1) is 7.11 Å². The lowest BCUT2D eigenvalue weighted by molar-refractivity contribution is 0.252. The molecule has 0 radical (unpaired) electrons. The van der Waals surface area contributed by atoms with Crippen LogP contribution in [0.15, 0.2) is 78.9 Å². The average molecular weight is 376 g/mol. The van der Waals surface area contributed by atoms with Gasteiger partial charge < -0.3 is 20.1 Å². The van der Waals surface area contributed by atoms with Crippen LogP contribution in [0.5, 0.6) is 11.5 Å². The Kier molecular flexibility index (Phi) is 6.90. The van der Waals surface area contributed by atoms with Crippen LogP contribution in [0.4, 0.5) is 10.5 Å². The van der Waals surface area contributed by atoms with Gasteiger partial charge in [-0.25, -0.2) is 4.79 Å². The summed E-state index contributed by atoms with van der Waals surface area (Å²) in [4.78, 5) is 12.1. The standard InChI is InChI=1S/C23H24N2O3/c1-27-22-10-6-5-9-19(22)15-16-24-23(26)25-20-11-13-21(14-12-20)28-17-18-7-3-2-4-8-18/h2-14H,15-17H2,1H3,(H2,24,25,26). The lowest BCUT2D eigenvalue weighted by Crippen LogP contribution is -2.30. The van der Waals surface area contributed by atoms with E-state index >= 15 is 0 Å². The van der Waals surface area contributed by atoms with E-state index < -0.39 is 0 Å². The SMILES string of the molecule is COc1ccccc1CCNC(=O)Nc1ccc(OCc2ccccc2)cc1. The number of hydrogen-bond acceptors (Lipinski definition) is 3. The van der Waals surface area contributed by atoms with Gasteiger partial charge in [0.15, 0.2) is 0 Å². The molecule has 28 heavy (non-hydrogen) atoms. The number of rotatable bonds is 8. The molecule has 5 heteroatoms. The molecule has 3 aromatic carbocycles. The number of hydrogen-bond donors (Lipinski definition) is 2. The van der Waals surface area contributed by atoms with E-state index in [0.29, 0.717) is 25.3 Å². The molecule has 2 amide bonds. The van der Waals surface area contributed by atoms with Crippen molar-refractivity contribution in [2.24, 2.45) is 0 Å². The number of nitrogens with one attached hydrogen (secondary N) is 2. The Bertz CT molecular complexity index is 880. The van der Waals surface area contributed by atoms with Crippen molar-refractivity contribution in [3.63, 3.8) is 0 Å². The summed E-state index contributed by atoms with van der Waals surface area (Å²) in [5.41, 5.74) is 2.88. The van der Waals surface area contributed by atoms with E-state index in [1.807, 2.05) is 78.9 Å². The fraction of sp³-hybridized carbons (Fsp3) is 0.174. The van der Waals surface area contributed by atoms with Gasteiger partial charge in [0.2, 0.25) is 0 Å². The average Bonchev–Trinajstić information content (AvgIpc) is 2.74. The molecule has 2 N–H and O–H groups in total. The molecule has 0 spiro atoms. The largest absolute Gasteiger partial charge is 0.496 e. The van der Waals surface area contributed by atoms with Crippen LogP contribution in [-0.2, 0) is 13.0 Å². The molecule has 0 aliphatic carbocycles. The highest BCUT2D eigenvalue weighted by atomic mass is 16.5. The van der Waals surface area contributed by atoms with Gasteiger partial charge in [0.1, 0.15) is 18.1 Å². The molecule has 0 aliphatic rings. The molecule has 3 rings (SSSR count). The Morgan fingerprint density at radius 3 is 2.36 bits per heavy atom. The first-order valence-corrected chi connectivity index (χ1v) is 9.18. The number of ether oxygens (including phenoxy) is 2. The number of amides is 2. The first-order chi connectivity index (χ1) is 13.7. The Morgan fingerprint density at radius 1 is 0.893 bits per heavy atom. The number of methoxy groups -OCH3 is 1. The quantitative estimate of drug-likeness (QED) is 0.602. The Labute approximate surface area is 165 Å². The third-order valence-corrected chi connectivity index (χ3v) is 4.23. The Hall–Kier alpha value is -3.47. The summed E-state index contributed by atoms with van der Waals surface area (Å²) in [6.45, 7) is 1.03. The molecule has 0 saturated carbocycles. The van der Waals surface area contributed by atoms with Crippen LogP contribution in [0.2, 0.25) is 0 Å². The second kappa shape index (κ2) is 10.0. The summed E-state index contributed by atoms with van der Waals surface area (Å²) in [6, 6.07) is 24.9. The lowest BCUT2D eigenvalue weighted by atomic mass is 10.1. The minimum absolute atomic E-state index is 0.243. The maximum Gasteiger partial charge on any atom is 0.319 e. The van der Waals surface area contributed by atoms with Crippen LogP contribution in [0, 0.1) is 0 Å². The smallest absolute Gasteiger partial charge is 0.319 e. The number of carbonyl (C=O) groups excluding carboxylic acids is 1. The topological polar surface area (TPSA) is 59.6 Å². The number of benzene rings is 3. The predicted molar refractivity (Wildman–Crippen MR) is 111 cm³/mol. The Balaban J connectivity index is 1.42. The van der Waals surface area contributed by atoms with Gasteiger partial charge in [0.25, 0.3) is 0 Å². The third-order valence-electron chi connectivity index (χ3n) is 4.23. The van der Waals surface area contributed by atoms with E-state index in [1.165, 1.54) is 0 Å². The maximum atomic E-state index is 12.1. The molecular weight excluding hydrogens is 352 g/mol. The van der Waals surface area contributed by atoms with Gasteiger partial charge in [-0.15, -0.1) is 0 Å². The van der Waals surface area contributed by atoms with E-state index in [9.17, 15) is 4.79 Å². The van der Waals surface area contributed by atoms with Crippen molar-refractivity contribution in [1.29, 1.82) is 0 Å². The van der Waals surface area contributed by atoms with Crippen LogP contribution in [0.1, 0.15) is 11.1 Å². The highest BCUT2D eigenvalue weighted by Crippen LogP contribution is 2.18. The monoisotopic (exact) mass is 376 g/mol. The summed E-state index contributed by atoms with van der Waals surface area (Å²) in [7, 11) is 1.65. The fourth-order valence-electron chi connectivity index (χ4n) is 2.77. The van der Waals surface area contributed by atoms with Gasteiger partial charge >= 0.3 is 6.03 Å². The van der Waals surface area contributed by atoms with E-state index in [2.05, 4.69) is 10.6 Å². The van der Waals surface area contributed by atoms with Crippen LogP contribution in [-0.4, -0.2) is 19.7 Å². The zero-order valence-electron chi connectivity index (χ0n) is 15.9. The molecule has 0 unspecified atom stereocenters. The Morgan fingerprint density at radius 2 is 1.61 bits per heavy atom. The van der Waals surface area contributed by atoms with Crippen molar-refractivity contribution in [3.8, 4) is 11.5 Å².